The number of hydrogen-bond acceptors (Lipinski definition) is 3. The number of rotatable bonds is 7. The van der Waals surface area contributed by atoms with Crippen molar-refractivity contribution in [2.24, 2.45) is 0 Å². The molecule has 0 aliphatic carbocycles. The number of hydrogen-bond donors (Lipinski definition) is 1. The number of benzene rings is 2. The molecule has 0 radical (unpaired) electrons. The number of carbonyl (C=O) groups is 2. The third-order valence-electron chi connectivity index (χ3n) is 3.81. The predicted octanol–water partition coefficient (Wildman–Crippen LogP) is 3.46. The molecular formula is C20H22FNO3. The quantitative estimate of drug-likeness (QED) is 0.783. The fraction of sp³-hybridized carbons (Fsp3) is 0.300. The van der Waals surface area contributed by atoms with Crippen LogP contribution < -0.4 is 5.32 Å². The van der Waals surface area contributed by atoms with Gasteiger partial charge >= 0.3 is 5.97 Å². The summed E-state index contributed by atoms with van der Waals surface area (Å²) in [6.07, 6.45) is 0.686. The van der Waals surface area contributed by atoms with Gasteiger partial charge in [0.25, 0.3) is 5.91 Å². The van der Waals surface area contributed by atoms with Gasteiger partial charge in [0.2, 0.25) is 0 Å². The summed E-state index contributed by atoms with van der Waals surface area (Å²) in [5, 5.41) is 2.68. The molecule has 0 saturated heterocycles. The van der Waals surface area contributed by atoms with Gasteiger partial charge in [0.05, 0.1) is 5.56 Å². The lowest BCUT2D eigenvalue weighted by Crippen LogP contribution is -2.30. The van der Waals surface area contributed by atoms with Gasteiger partial charge < -0.3 is 10.1 Å². The predicted molar refractivity (Wildman–Crippen MR) is 93.9 cm³/mol. The van der Waals surface area contributed by atoms with Gasteiger partial charge in [-0.05, 0) is 35.6 Å². The van der Waals surface area contributed by atoms with Crippen LogP contribution in [-0.4, -0.2) is 25.0 Å². The number of carbonyl (C=O) groups excluding carboxylic acids is 2. The Morgan fingerprint density at radius 1 is 1.08 bits per heavy atom. The number of halogens is 1. The molecule has 0 aliphatic heterocycles. The summed E-state index contributed by atoms with van der Waals surface area (Å²) in [7, 11) is 0. The normalized spacial score (nSPS) is 10.6. The summed E-state index contributed by atoms with van der Waals surface area (Å²) < 4.78 is 18.3. The van der Waals surface area contributed by atoms with Crippen LogP contribution in [0.1, 0.15) is 41.3 Å². The molecule has 0 saturated carbocycles. The maximum atomic E-state index is 13.4. The molecule has 0 bridgehead atoms. The molecule has 25 heavy (non-hydrogen) atoms. The van der Waals surface area contributed by atoms with E-state index in [1.165, 1.54) is 29.8 Å². The van der Waals surface area contributed by atoms with Crippen LogP contribution in [0.4, 0.5) is 4.39 Å². The maximum Gasteiger partial charge on any atom is 0.341 e. The second-order valence-electron chi connectivity index (χ2n) is 6.05. The molecule has 2 aromatic rings. The number of nitrogens with one attached hydrogen (secondary N) is 1. The minimum atomic E-state index is -0.850. The van der Waals surface area contributed by atoms with Crippen LogP contribution in [0, 0.1) is 5.82 Å². The zero-order valence-electron chi connectivity index (χ0n) is 14.4. The molecule has 0 aliphatic rings. The van der Waals surface area contributed by atoms with Crippen LogP contribution >= 0.6 is 0 Å². The van der Waals surface area contributed by atoms with Crippen molar-refractivity contribution in [2.45, 2.75) is 26.2 Å². The first-order valence-corrected chi connectivity index (χ1v) is 8.24. The summed E-state index contributed by atoms with van der Waals surface area (Å²) in [6, 6.07) is 13.7. The Balaban J connectivity index is 1.72. The summed E-state index contributed by atoms with van der Waals surface area (Å²) in [5.41, 5.74) is 2.21. The van der Waals surface area contributed by atoms with E-state index in [2.05, 4.69) is 31.3 Å². The van der Waals surface area contributed by atoms with Gasteiger partial charge in [0, 0.05) is 6.54 Å². The van der Waals surface area contributed by atoms with Gasteiger partial charge in [-0.15, -0.1) is 0 Å². The Morgan fingerprint density at radius 2 is 1.76 bits per heavy atom. The average molecular weight is 343 g/mol. The SMILES string of the molecule is CC(C)c1ccc(CCNC(=O)COC(=O)c2ccccc2F)cc1. The topological polar surface area (TPSA) is 55.4 Å². The first-order chi connectivity index (χ1) is 12.0. The summed E-state index contributed by atoms with van der Waals surface area (Å²) in [4.78, 5) is 23.4. The van der Waals surface area contributed by atoms with Gasteiger partial charge in [-0.2, -0.15) is 0 Å². The second kappa shape index (κ2) is 8.97. The number of esters is 1. The minimum absolute atomic E-state index is 0.180. The second-order valence-corrected chi connectivity index (χ2v) is 6.05. The fourth-order valence-electron chi connectivity index (χ4n) is 2.30. The monoisotopic (exact) mass is 343 g/mol. The lowest BCUT2D eigenvalue weighted by atomic mass is 10.0. The molecule has 0 atom stereocenters. The summed E-state index contributed by atoms with van der Waals surface area (Å²) >= 11 is 0. The Hall–Kier alpha value is -2.69. The van der Waals surface area contributed by atoms with Crippen LogP contribution in [0.25, 0.3) is 0 Å². The number of ether oxygens (including phenoxy) is 1. The van der Waals surface area contributed by atoms with Crippen molar-refractivity contribution in [3.05, 3.63) is 71.0 Å². The highest BCUT2D eigenvalue weighted by atomic mass is 19.1. The lowest BCUT2D eigenvalue weighted by Gasteiger charge is -2.09. The Morgan fingerprint density at radius 3 is 2.40 bits per heavy atom. The lowest BCUT2D eigenvalue weighted by molar-refractivity contribution is -0.124. The van der Waals surface area contributed by atoms with Crippen molar-refractivity contribution in [3.63, 3.8) is 0 Å². The smallest absolute Gasteiger partial charge is 0.341 e. The van der Waals surface area contributed by atoms with E-state index in [1.54, 1.807) is 0 Å². The van der Waals surface area contributed by atoms with Crippen molar-refractivity contribution in [3.8, 4) is 0 Å². The van der Waals surface area contributed by atoms with Gasteiger partial charge in [-0.1, -0.05) is 50.2 Å². The molecule has 1 amide bonds. The van der Waals surface area contributed by atoms with E-state index < -0.39 is 24.3 Å². The molecule has 0 unspecified atom stereocenters. The van der Waals surface area contributed by atoms with E-state index in [1.807, 2.05) is 12.1 Å². The van der Waals surface area contributed by atoms with Crippen LogP contribution in [0.3, 0.4) is 0 Å². The molecule has 0 heterocycles. The molecule has 1 N–H and O–H groups in total. The van der Waals surface area contributed by atoms with Crippen molar-refractivity contribution < 1.29 is 18.7 Å². The van der Waals surface area contributed by atoms with Crippen LogP contribution in [0.15, 0.2) is 48.5 Å². The summed E-state index contributed by atoms with van der Waals surface area (Å²) in [6.45, 7) is 4.28. The van der Waals surface area contributed by atoms with Crippen molar-refractivity contribution in [1.29, 1.82) is 0 Å². The molecule has 5 heteroatoms. The van der Waals surface area contributed by atoms with E-state index in [9.17, 15) is 14.0 Å². The minimum Gasteiger partial charge on any atom is -0.452 e. The van der Waals surface area contributed by atoms with Crippen molar-refractivity contribution in [1.82, 2.24) is 5.32 Å². The summed E-state index contributed by atoms with van der Waals surface area (Å²) in [5.74, 6) is -1.45. The van der Waals surface area contributed by atoms with Gasteiger partial charge in [0.15, 0.2) is 6.61 Å². The third-order valence-corrected chi connectivity index (χ3v) is 3.81. The molecule has 132 valence electrons. The van der Waals surface area contributed by atoms with Crippen molar-refractivity contribution >= 4 is 11.9 Å². The standard InChI is InChI=1S/C20H22FNO3/c1-14(2)16-9-7-15(8-10-16)11-12-22-19(23)13-25-20(24)17-5-3-4-6-18(17)21/h3-10,14H,11-13H2,1-2H3,(H,22,23). The zero-order chi connectivity index (χ0) is 18.2. The van der Waals surface area contributed by atoms with E-state index in [4.69, 9.17) is 4.74 Å². The largest absolute Gasteiger partial charge is 0.452 e. The Bertz CT molecular complexity index is 726. The Kier molecular flexibility index (Phi) is 6.69. The van der Waals surface area contributed by atoms with Crippen molar-refractivity contribution in [2.75, 3.05) is 13.2 Å². The zero-order valence-corrected chi connectivity index (χ0v) is 14.4. The van der Waals surface area contributed by atoms with Crippen LogP contribution in [0.5, 0.6) is 0 Å². The van der Waals surface area contributed by atoms with Crippen LogP contribution in [-0.2, 0) is 16.0 Å². The van der Waals surface area contributed by atoms with Gasteiger partial charge in [0.1, 0.15) is 5.82 Å². The molecular weight excluding hydrogens is 321 g/mol. The molecule has 2 rings (SSSR count). The highest BCUT2D eigenvalue weighted by molar-refractivity contribution is 5.91. The first kappa shape index (κ1) is 18.6. The highest BCUT2D eigenvalue weighted by Crippen LogP contribution is 2.14. The molecule has 0 aromatic heterocycles. The van der Waals surface area contributed by atoms with E-state index in [0.717, 1.165) is 5.56 Å². The molecule has 2 aromatic carbocycles. The molecule has 0 spiro atoms. The third kappa shape index (κ3) is 5.71. The van der Waals surface area contributed by atoms with Gasteiger partial charge in [-0.25, -0.2) is 9.18 Å². The maximum absolute atomic E-state index is 13.4. The first-order valence-electron chi connectivity index (χ1n) is 8.24. The highest BCUT2D eigenvalue weighted by Gasteiger charge is 2.13. The number of amides is 1. The Labute approximate surface area is 147 Å². The molecule has 0 fully saturated rings. The van der Waals surface area contributed by atoms with Crippen LogP contribution in [0.2, 0.25) is 0 Å². The van der Waals surface area contributed by atoms with E-state index >= 15 is 0 Å². The van der Waals surface area contributed by atoms with E-state index in [0.29, 0.717) is 18.9 Å². The van der Waals surface area contributed by atoms with E-state index in [-0.39, 0.29) is 5.56 Å². The average Bonchev–Trinajstić information content (AvgIpc) is 2.60. The fourth-order valence-corrected chi connectivity index (χ4v) is 2.30. The van der Waals surface area contributed by atoms with Gasteiger partial charge in [-0.3, -0.25) is 4.79 Å². The molecule has 4 nitrogen and oxygen atoms in total.